The summed E-state index contributed by atoms with van der Waals surface area (Å²) >= 11 is 1.28. The van der Waals surface area contributed by atoms with Gasteiger partial charge in [-0.3, -0.25) is 0 Å². The Morgan fingerprint density at radius 2 is 2.27 bits per heavy atom. The summed E-state index contributed by atoms with van der Waals surface area (Å²) in [6.07, 6.45) is 3.28. The average molecular weight is 227 g/mol. The summed E-state index contributed by atoms with van der Waals surface area (Å²) in [5.41, 5.74) is -0.00336. The van der Waals surface area contributed by atoms with Crippen LogP contribution in [-0.2, 0) is 10.2 Å². The molecule has 2 rings (SSSR count). The van der Waals surface area contributed by atoms with Crippen molar-refractivity contribution in [3.8, 4) is 0 Å². The molecule has 0 aromatic carbocycles. The lowest BCUT2D eigenvalue weighted by atomic mass is 9.83. The first-order valence-electron chi connectivity index (χ1n) is 4.89. The molecule has 82 valence electrons. The predicted molar refractivity (Wildman–Crippen MR) is 56.5 cm³/mol. The van der Waals surface area contributed by atoms with E-state index < -0.39 is 5.97 Å². The minimum absolute atomic E-state index is 0.00336. The second-order valence-electron chi connectivity index (χ2n) is 4.01. The highest BCUT2D eigenvalue weighted by Gasteiger charge is 2.32. The van der Waals surface area contributed by atoms with Gasteiger partial charge >= 0.3 is 5.97 Å². The zero-order valence-corrected chi connectivity index (χ0v) is 9.34. The molecule has 0 saturated carbocycles. The minimum Gasteiger partial charge on any atom is -0.477 e. The molecule has 1 N–H and O–H groups in total. The van der Waals surface area contributed by atoms with Crippen LogP contribution < -0.4 is 0 Å². The van der Waals surface area contributed by atoms with E-state index in [4.69, 9.17) is 9.84 Å². The quantitative estimate of drug-likeness (QED) is 0.838. The van der Waals surface area contributed by atoms with E-state index in [1.807, 2.05) is 0 Å². The van der Waals surface area contributed by atoms with Gasteiger partial charge in [-0.25, -0.2) is 9.78 Å². The van der Waals surface area contributed by atoms with Gasteiger partial charge < -0.3 is 9.84 Å². The number of carboxylic acids is 1. The molecule has 0 spiro atoms. The highest BCUT2D eigenvalue weighted by Crippen LogP contribution is 2.36. The predicted octanol–water partition coefficient (Wildman–Crippen LogP) is 1.91. The molecule has 15 heavy (non-hydrogen) atoms. The zero-order valence-electron chi connectivity index (χ0n) is 8.52. The lowest BCUT2D eigenvalue weighted by Gasteiger charge is -2.31. The topological polar surface area (TPSA) is 59.4 Å². The fourth-order valence-corrected chi connectivity index (χ4v) is 2.64. The van der Waals surface area contributed by atoms with E-state index in [-0.39, 0.29) is 5.41 Å². The Hall–Kier alpha value is -0.940. The molecule has 5 heteroatoms. The number of nitrogens with zero attached hydrogens (tertiary/aromatic N) is 1. The number of thiazole rings is 1. The van der Waals surface area contributed by atoms with Crippen molar-refractivity contribution in [2.45, 2.75) is 25.2 Å². The Bertz CT molecular complexity index is 368. The van der Waals surface area contributed by atoms with Gasteiger partial charge in [0.05, 0.1) is 11.2 Å². The van der Waals surface area contributed by atoms with E-state index >= 15 is 0 Å². The first-order chi connectivity index (χ1) is 7.12. The summed E-state index contributed by atoms with van der Waals surface area (Å²) in [6.45, 7) is 3.59. The third kappa shape index (κ3) is 2.03. The second-order valence-corrected chi connectivity index (χ2v) is 5.04. The number of carboxylic acid groups (broad SMARTS) is 1. The van der Waals surface area contributed by atoms with E-state index in [9.17, 15) is 4.79 Å². The van der Waals surface area contributed by atoms with Crippen LogP contribution in [0.15, 0.2) is 6.20 Å². The molecule has 0 bridgehead atoms. The van der Waals surface area contributed by atoms with Gasteiger partial charge in [0, 0.05) is 18.6 Å². The molecular formula is C10H13NO3S. The van der Waals surface area contributed by atoms with Crippen LogP contribution in [0.4, 0.5) is 0 Å². The molecule has 0 amide bonds. The Balaban J connectivity index is 2.23. The van der Waals surface area contributed by atoms with Gasteiger partial charge in [0.25, 0.3) is 0 Å². The molecule has 0 atom stereocenters. The standard InChI is InChI=1S/C10H13NO3S/c1-10(2-4-14-5-3-10)9-11-6-7(15-9)8(12)13/h6H,2-5H2,1H3,(H,12,13). The molecular weight excluding hydrogens is 214 g/mol. The number of hydrogen-bond acceptors (Lipinski definition) is 4. The zero-order chi connectivity index (χ0) is 10.9. The third-order valence-corrected chi connectivity index (χ3v) is 4.12. The molecule has 1 aliphatic heterocycles. The van der Waals surface area contributed by atoms with Gasteiger partial charge in [0.15, 0.2) is 0 Å². The summed E-state index contributed by atoms with van der Waals surface area (Å²) in [5, 5.41) is 9.75. The highest BCUT2D eigenvalue weighted by atomic mass is 32.1. The Morgan fingerprint density at radius 1 is 1.60 bits per heavy atom. The van der Waals surface area contributed by atoms with Crippen LogP contribution >= 0.6 is 11.3 Å². The van der Waals surface area contributed by atoms with Crippen LogP contribution in [0.2, 0.25) is 0 Å². The van der Waals surface area contributed by atoms with E-state index in [0.29, 0.717) is 4.88 Å². The van der Waals surface area contributed by atoms with Crippen LogP contribution in [0.5, 0.6) is 0 Å². The van der Waals surface area contributed by atoms with Crippen LogP contribution in [0.1, 0.15) is 34.4 Å². The van der Waals surface area contributed by atoms with Gasteiger partial charge in [-0.2, -0.15) is 0 Å². The van der Waals surface area contributed by atoms with Crippen LogP contribution in [0.3, 0.4) is 0 Å². The number of ether oxygens (including phenoxy) is 1. The summed E-state index contributed by atoms with van der Waals surface area (Å²) in [4.78, 5) is 15.3. The molecule has 4 nitrogen and oxygen atoms in total. The average Bonchev–Trinajstić information content (AvgIpc) is 2.68. The normalized spacial score (nSPS) is 20.1. The van der Waals surface area contributed by atoms with Crippen molar-refractivity contribution in [2.24, 2.45) is 0 Å². The van der Waals surface area contributed by atoms with Gasteiger partial charge in [-0.05, 0) is 12.8 Å². The maximum atomic E-state index is 10.7. The van der Waals surface area contributed by atoms with E-state index in [1.54, 1.807) is 0 Å². The van der Waals surface area contributed by atoms with Crippen LogP contribution in [0, 0.1) is 0 Å². The molecule has 0 aliphatic carbocycles. The second kappa shape index (κ2) is 3.90. The van der Waals surface area contributed by atoms with Crippen molar-refractivity contribution >= 4 is 17.3 Å². The molecule has 1 saturated heterocycles. The smallest absolute Gasteiger partial charge is 0.347 e. The van der Waals surface area contributed by atoms with E-state index in [0.717, 1.165) is 31.1 Å². The molecule has 1 aromatic rings. The fourth-order valence-electron chi connectivity index (χ4n) is 1.69. The molecule has 1 aromatic heterocycles. The number of hydrogen-bond donors (Lipinski definition) is 1. The van der Waals surface area contributed by atoms with E-state index in [2.05, 4.69) is 11.9 Å². The van der Waals surface area contributed by atoms with Crippen molar-refractivity contribution in [1.82, 2.24) is 4.98 Å². The molecule has 0 radical (unpaired) electrons. The third-order valence-electron chi connectivity index (χ3n) is 2.83. The van der Waals surface area contributed by atoms with Gasteiger partial charge in [0.2, 0.25) is 0 Å². The van der Waals surface area contributed by atoms with Gasteiger partial charge in [0.1, 0.15) is 4.88 Å². The number of aromatic nitrogens is 1. The number of carbonyl (C=O) groups is 1. The van der Waals surface area contributed by atoms with Gasteiger partial charge in [-0.1, -0.05) is 6.92 Å². The first-order valence-corrected chi connectivity index (χ1v) is 5.71. The molecule has 2 heterocycles. The molecule has 1 aliphatic rings. The van der Waals surface area contributed by atoms with E-state index in [1.165, 1.54) is 17.5 Å². The van der Waals surface area contributed by atoms with Crippen molar-refractivity contribution in [1.29, 1.82) is 0 Å². The maximum absolute atomic E-state index is 10.7. The largest absolute Gasteiger partial charge is 0.477 e. The first kappa shape index (κ1) is 10.6. The Kier molecular flexibility index (Phi) is 2.75. The Labute approximate surface area is 91.9 Å². The molecule has 1 fully saturated rings. The van der Waals surface area contributed by atoms with Crippen molar-refractivity contribution in [2.75, 3.05) is 13.2 Å². The Morgan fingerprint density at radius 3 is 2.80 bits per heavy atom. The fraction of sp³-hybridized carbons (Fsp3) is 0.600. The van der Waals surface area contributed by atoms with Gasteiger partial charge in [-0.15, -0.1) is 11.3 Å². The van der Waals surface area contributed by atoms with Crippen molar-refractivity contribution in [3.05, 3.63) is 16.1 Å². The monoisotopic (exact) mass is 227 g/mol. The molecule has 0 unspecified atom stereocenters. The summed E-state index contributed by atoms with van der Waals surface area (Å²) in [7, 11) is 0. The maximum Gasteiger partial charge on any atom is 0.347 e. The van der Waals surface area contributed by atoms with Crippen molar-refractivity contribution < 1.29 is 14.6 Å². The number of aromatic carboxylic acids is 1. The summed E-state index contributed by atoms with van der Waals surface area (Å²) in [5.74, 6) is -0.894. The van der Waals surface area contributed by atoms with Crippen LogP contribution in [0.25, 0.3) is 0 Å². The van der Waals surface area contributed by atoms with Crippen molar-refractivity contribution in [3.63, 3.8) is 0 Å². The lowest BCUT2D eigenvalue weighted by molar-refractivity contribution is 0.0563. The summed E-state index contributed by atoms with van der Waals surface area (Å²) < 4.78 is 5.30. The SMILES string of the molecule is CC1(c2ncc(C(=O)O)s2)CCOCC1. The minimum atomic E-state index is -0.894. The summed E-state index contributed by atoms with van der Waals surface area (Å²) in [6, 6.07) is 0. The highest BCUT2D eigenvalue weighted by molar-refractivity contribution is 7.13. The lowest BCUT2D eigenvalue weighted by Crippen LogP contribution is -2.30. The number of rotatable bonds is 2. The van der Waals surface area contributed by atoms with Crippen LogP contribution in [-0.4, -0.2) is 29.3 Å².